The van der Waals surface area contributed by atoms with E-state index in [1.165, 1.54) is 38.2 Å². The summed E-state index contributed by atoms with van der Waals surface area (Å²) in [5.41, 5.74) is 1.50. The molecule has 8 heteroatoms. The lowest BCUT2D eigenvalue weighted by atomic mass is 9.94. The first-order valence-electron chi connectivity index (χ1n) is 13.4. The topological polar surface area (TPSA) is 58.7 Å². The zero-order chi connectivity index (χ0) is 24.0. The predicted molar refractivity (Wildman–Crippen MR) is 137 cm³/mol. The van der Waals surface area contributed by atoms with Crippen LogP contribution in [0.2, 0.25) is 0 Å². The molecule has 0 bridgehead atoms. The van der Waals surface area contributed by atoms with Crippen molar-refractivity contribution in [3.8, 4) is 0 Å². The fourth-order valence-electron chi connectivity index (χ4n) is 5.89. The minimum atomic E-state index is -0.146. The quantitative estimate of drug-likeness (QED) is 0.683. The molecule has 3 aliphatic rings. The molecule has 2 saturated heterocycles. The Morgan fingerprint density at radius 2 is 1.60 bits per heavy atom. The van der Waals surface area contributed by atoms with Crippen LogP contribution in [0.15, 0.2) is 35.1 Å². The van der Waals surface area contributed by atoms with Crippen molar-refractivity contribution in [3.05, 3.63) is 57.8 Å². The van der Waals surface area contributed by atoms with Gasteiger partial charge in [-0.3, -0.25) is 24.5 Å². The molecule has 0 amide bonds. The van der Waals surface area contributed by atoms with Gasteiger partial charge in [0, 0.05) is 83.1 Å². The first kappa shape index (κ1) is 24.4. The number of aromatic amines is 1. The van der Waals surface area contributed by atoms with Gasteiger partial charge in [0.25, 0.3) is 5.56 Å². The fraction of sp³-hybridized carbons (Fsp3) is 0.630. The predicted octanol–water partition coefficient (Wildman–Crippen LogP) is 3.07. The lowest BCUT2D eigenvalue weighted by Gasteiger charge is -2.40. The molecule has 35 heavy (non-hydrogen) atoms. The highest BCUT2D eigenvalue weighted by Crippen LogP contribution is 2.24. The third kappa shape index (κ3) is 6.48. The highest BCUT2D eigenvalue weighted by molar-refractivity contribution is 5.31. The first-order valence-corrected chi connectivity index (χ1v) is 13.4. The molecule has 3 fully saturated rings. The number of aromatic nitrogens is 2. The number of nitrogens with one attached hydrogen (secondary N) is 1. The van der Waals surface area contributed by atoms with Gasteiger partial charge in [-0.2, -0.15) is 0 Å². The van der Waals surface area contributed by atoms with Crippen LogP contribution in [0, 0.1) is 5.82 Å². The number of nitrogens with zero attached hydrogens (tertiary/aromatic N) is 5. The van der Waals surface area contributed by atoms with Crippen LogP contribution in [0.5, 0.6) is 0 Å². The molecule has 0 unspecified atom stereocenters. The molecule has 1 aromatic heterocycles. The lowest BCUT2D eigenvalue weighted by molar-refractivity contribution is 0.0749. The van der Waals surface area contributed by atoms with E-state index in [4.69, 9.17) is 4.98 Å². The summed E-state index contributed by atoms with van der Waals surface area (Å²) in [7, 11) is 0. The summed E-state index contributed by atoms with van der Waals surface area (Å²) < 4.78 is 14.1. The van der Waals surface area contributed by atoms with E-state index in [1.54, 1.807) is 12.1 Å². The second-order valence-corrected chi connectivity index (χ2v) is 10.4. The van der Waals surface area contributed by atoms with Crippen LogP contribution in [0.4, 0.5) is 10.3 Å². The van der Waals surface area contributed by atoms with Crippen molar-refractivity contribution in [2.24, 2.45) is 0 Å². The maximum absolute atomic E-state index is 14.1. The molecule has 190 valence electrons. The Morgan fingerprint density at radius 1 is 0.857 bits per heavy atom. The Balaban J connectivity index is 1.16. The standard InChI is InChI=1S/C27H39FN6O/c28-25-10-5-4-7-22(25)20-31-11-6-12-34(18-15-31)27-29-23(19-26(35)30-27)21-32-13-16-33(17-14-32)24-8-2-1-3-9-24/h4-5,7,10,19,24H,1-3,6,8-9,11-18,20-21H2,(H,29,30,35). The van der Waals surface area contributed by atoms with E-state index >= 15 is 0 Å². The Kier molecular flexibility index (Phi) is 8.11. The van der Waals surface area contributed by atoms with Gasteiger partial charge in [-0.1, -0.05) is 37.5 Å². The van der Waals surface area contributed by atoms with Crippen LogP contribution in [0.1, 0.15) is 49.8 Å². The van der Waals surface area contributed by atoms with Crippen molar-refractivity contribution in [2.75, 3.05) is 57.3 Å². The van der Waals surface area contributed by atoms with Crippen LogP contribution in [-0.4, -0.2) is 83.1 Å². The van der Waals surface area contributed by atoms with Crippen molar-refractivity contribution < 1.29 is 4.39 Å². The van der Waals surface area contributed by atoms with Crippen molar-refractivity contribution in [1.82, 2.24) is 24.7 Å². The molecule has 0 atom stereocenters. The maximum Gasteiger partial charge on any atom is 0.252 e. The summed E-state index contributed by atoms with van der Waals surface area (Å²) in [5.74, 6) is 0.521. The van der Waals surface area contributed by atoms with Gasteiger partial charge in [-0.25, -0.2) is 9.37 Å². The zero-order valence-corrected chi connectivity index (χ0v) is 20.8. The van der Waals surface area contributed by atoms with Crippen LogP contribution in [0.25, 0.3) is 0 Å². The molecular weight excluding hydrogens is 443 g/mol. The van der Waals surface area contributed by atoms with Crippen LogP contribution < -0.4 is 10.5 Å². The first-order chi connectivity index (χ1) is 17.1. The average Bonchev–Trinajstić information content (AvgIpc) is 3.12. The van der Waals surface area contributed by atoms with Crippen LogP contribution in [-0.2, 0) is 13.1 Å². The molecule has 0 spiro atoms. The highest BCUT2D eigenvalue weighted by atomic mass is 19.1. The Bertz CT molecular complexity index is 1010. The van der Waals surface area contributed by atoms with E-state index in [9.17, 15) is 9.18 Å². The number of hydrogen-bond acceptors (Lipinski definition) is 6. The zero-order valence-electron chi connectivity index (χ0n) is 20.8. The molecule has 1 N–H and O–H groups in total. The molecule has 7 nitrogen and oxygen atoms in total. The second-order valence-electron chi connectivity index (χ2n) is 10.4. The summed E-state index contributed by atoms with van der Waals surface area (Å²) in [4.78, 5) is 29.9. The second kappa shape index (κ2) is 11.6. The number of benzene rings is 1. The number of hydrogen-bond donors (Lipinski definition) is 1. The molecule has 1 saturated carbocycles. The van der Waals surface area contributed by atoms with E-state index in [2.05, 4.69) is 24.6 Å². The van der Waals surface area contributed by atoms with Crippen molar-refractivity contribution >= 4 is 5.95 Å². The molecule has 5 rings (SSSR count). The van der Waals surface area contributed by atoms with E-state index in [1.807, 2.05) is 12.1 Å². The van der Waals surface area contributed by atoms with Gasteiger partial charge in [0.05, 0.1) is 5.69 Å². The number of rotatable bonds is 6. The monoisotopic (exact) mass is 482 g/mol. The summed E-state index contributed by atoms with van der Waals surface area (Å²) in [6, 6.07) is 9.42. The third-order valence-corrected chi connectivity index (χ3v) is 7.91. The summed E-state index contributed by atoms with van der Waals surface area (Å²) in [5, 5.41) is 0. The molecule has 3 heterocycles. The molecule has 1 aliphatic carbocycles. The van der Waals surface area contributed by atoms with Crippen LogP contribution >= 0.6 is 0 Å². The van der Waals surface area contributed by atoms with Gasteiger partial charge < -0.3 is 4.90 Å². The molecule has 0 radical (unpaired) electrons. The van der Waals surface area contributed by atoms with E-state index in [-0.39, 0.29) is 11.4 Å². The van der Waals surface area contributed by atoms with Crippen molar-refractivity contribution in [1.29, 1.82) is 0 Å². The maximum atomic E-state index is 14.1. The summed E-state index contributed by atoms with van der Waals surface area (Å²) in [6.45, 7) is 8.95. The highest BCUT2D eigenvalue weighted by Gasteiger charge is 2.25. The Hall–Kier alpha value is -2.29. The van der Waals surface area contributed by atoms with Gasteiger partial charge in [0.1, 0.15) is 5.82 Å². The van der Waals surface area contributed by atoms with Gasteiger partial charge >= 0.3 is 0 Å². The molecular formula is C27H39FN6O. The van der Waals surface area contributed by atoms with E-state index in [0.717, 1.165) is 82.6 Å². The minimum absolute atomic E-state index is 0.0849. The smallest absolute Gasteiger partial charge is 0.252 e. The van der Waals surface area contributed by atoms with E-state index in [0.29, 0.717) is 12.5 Å². The number of H-pyrrole nitrogens is 1. The molecule has 2 aliphatic heterocycles. The number of halogens is 1. The SMILES string of the molecule is O=c1cc(CN2CCN(C3CCCCC3)CC2)nc(N2CCCN(Cc3ccccc3F)CC2)[nH]1. The molecule has 1 aromatic carbocycles. The third-order valence-electron chi connectivity index (χ3n) is 7.91. The fourth-order valence-corrected chi connectivity index (χ4v) is 5.89. The Labute approximate surface area is 207 Å². The number of piperazine rings is 1. The minimum Gasteiger partial charge on any atom is -0.341 e. The lowest BCUT2D eigenvalue weighted by Crippen LogP contribution is -2.50. The van der Waals surface area contributed by atoms with E-state index < -0.39 is 0 Å². The van der Waals surface area contributed by atoms with Crippen molar-refractivity contribution in [2.45, 2.75) is 57.7 Å². The molecule has 2 aromatic rings. The van der Waals surface area contributed by atoms with Crippen LogP contribution in [0.3, 0.4) is 0 Å². The Morgan fingerprint density at radius 3 is 2.40 bits per heavy atom. The average molecular weight is 483 g/mol. The van der Waals surface area contributed by atoms with Gasteiger partial charge in [0.15, 0.2) is 0 Å². The summed E-state index contributed by atoms with van der Waals surface area (Å²) in [6.07, 6.45) is 7.81. The van der Waals surface area contributed by atoms with Gasteiger partial charge in [-0.05, 0) is 25.3 Å². The van der Waals surface area contributed by atoms with Crippen molar-refractivity contribution in [3.63, 3.8) is 0 Å². The normalized spacial score (nSPS) is 21.8. The largest absolute Gasteiger partial charge is 0.341 e. The van der Waals surface area contributed by atoms with Gasteiger partial charge in [0.2, 0.25) is 5.95 Å². The number of anilines is 1. The van der Waals surface area contributed by atoms with Gasteiger partial charge in [-0.15, -0.1) is 0 Å². The summed E-state index contributed by atoms with van der Waals surface area (Å²) >= 11 is 0.